The Hall–Kier alpha value is -5.99. The molecule has 0 spiro atoms. The van der Waals surface area contributed by atoms with Crippen molar-refractivity contribution in [2.45, 2.75) is 26.7 Å². The number of nitrogens with zero attached hydrogens (tertiary/aromatic N) is 2. The maximum Gasteiger partial charge on any atom is 0.145 e. The van der Waals surface area contributed by atoms with Gasteiger partial charge in [0.25, 0.3) is 0 Å². The molecule has 0 radical (unpaired) electrons. The fourth-order valence-electron chi connectivity index (χ4n) is 7.33. The average Bonchev–Trinajstić information content (AvgIpc) is 3.58. The van der Waals surface area contributed by atoms with E-state index in [2.05, 4.69) is 174 Å². The molecule has 49 heavy (non-hydrogen) atoms. The van der Waals surface area contributed by atoms with Crippen LogP contribution in [0, 0.1) is 0 Å². The number of benzene rings is 7. The Kier molecular flexibility index (Phi) is 8.21. The molecule has 0 saturated heterocycles. The lowest BCUT2D eigenvalue weighted by Gasteiger charge is -2.24. The summed E-state index contributed by atoms with van der Waals surface area (Å²) in [5.41, 5.74) is 14.7. The summed E-state index contributed by atoms with van der Waals surface area (Å²) in [6, 6.07) is 56.6. The molecule has 0 atom stereocenters. The van der Waals surface area contributed by atoms with Gasteiger partial charge in [-0.05, 0) is 92.4 Å². The predicted molar refractivity (Wildman–Crippen MR) is 209 cm³/mol. The van der Waals surface area contributed by atoms with Crippen LogP contribution in [0.15, 0.2) is 164 Å². The average molecular weight is 631 g/mol. The first-order valence-corrected chi connectivity index (χ1v) is 17.4. The van der Waals surface area contributed by atoms with E-state index in [0.29, 0.717) is 0 Å². The van der Waals surface area contributed by atoms with Crippen LogP contribution < -0.4 is 0 Å². The van der Waals surface area contributed by atoms with Crippen molar-refractivity contribution in [3.8, 4) is 50.5 Å². The van der Waals surface area contributed by atoms with E-state index in [1.54, 1.807) is 0 Å². The molecule has 1 aliphatic carbocycles. The Balaban J connectivity index is 0.00000171. The van der Waals surface area contributed by atoms with Gasteiger partial charge in [-0.3, -0.25) is 4.57 Å². The van der Waals surface area contributed by atoms with Crippen LogP contribution in [0.3, 0.4) is 0 Å². The molecule has 0 unspecified atom stereocenters. The van der Waals surface area contributed by atoms with E-state index in [4.69, 9.17) is 4.98 Å². The number of hydrogen-bond acceptors (Lipinski definition) is 1. The summed E-state index contributed by atoms with van der Waals surface area (Å²) in [6.07, 6.45) is 6.77. The van der Waals surface area contributed by atoms with Gasteiger partial charge >= 0.3 is 0 Å². The number of hydrogen-bond donors (Lipinski definition) is 0. The number of fused-ring (bicyclic) bond motifs is 3. The van der Waals surface area contributed by atoms with Crippen LogP contribution in [0.2, 0.25) is 0 Å². The summed E-state index contributed by atoms with van der Waals surface area (Å²) in [7, 11) is 0. The zero-order chi connectivity index (χ0) is 33.2. The molecule has 0 fully saturated rings. The van der Waals surface area contributed by atoms with E-state index in [9.17, 15) is 0 Å². The predicted octanol–water partition coefficient (Wildman–Crippen LogP) is 12.8. The summed E-state index contributed by atoms with van der Waals surface area (Å²) < 4.78 is 2.28. The molecular weight excluding hydrogens is 593 g/mol. The Morgan fingerprint density at radius 3 is 1.73 bits per heavy atom. The highest BCUT2D eigenvalue weighted by Gasteiger charge is 2.22. The molecule has 2 heteroatoms. The van der Waals surface area contributed by atoms with Crippen LogP contribution in [0.1, 0.15) is 31.4 Å². The van der Waals surface area contributed by atoms with Gasteiger partial charge < -0.3 is 0 Å². The molecule has 1 heterocycles. The smallest absolute Gasteiger partial charge is 0.145 e. The van der Waals surface area contributed by atoms with Gasteiger partial charge in [0.05, 0.1) is 11.0 Å². The molecule has 0 aliphatic heterocycles. The molecule has 236 valence electrons. The summed E-state index contributed by atoms with van der Waals surface area (Å²) in [4.78, 5) is 5.05. The Labute approximate surface area is 288 Å². The molecule has 1 aromatic heterocycles. The minimum absolute atomic E-state index is 0.952. The second-order valence-electron chi connectivity index (χ2n) is 12.2. The van der Waals surface area contributed by atoms with Crippen molar-refractivity contribution in [3.63, 3.8) is 0 Å². The molecule has 0 bridgehead atoms. The van der Waals surface area contributed by atoms with Crippen LogP contribution >= 0.6 is 0 Å². The fourth-order valence-corrected chi connectivity index (χ4v) is 7.33. The van der Waals surface area contributed by atoms with Gasteiger partial charge in [-0.25, -0.2) is 4.98 Å². The topological polar surface area (TPSA) is 17.8 Å². The first-order chi connectivity index (χ1) is 24.3. The summed E-state index contributed by atoms with van der Waals surface area (Å²) in [6.45, 7) is 4.00. The molecule has 1 aliphatic rings. The van der Waals surface area contributed by atoms with Gasteiger partial charge in [0.15, 0.2) is 0 Å². The molecule has 7 aromatic carbocycles. The molecule has 0 amide bonds. The Morgan fingerprint density at radius 2 is 1.02 bits per heavy atom. The molecule has 9 rings (SSSR count). The SMILES string of the molecule is C1=Cc2c(c(-c3ccc(-c4ccccc4)cc3)c3ccccc3c2-c2ccc(-n3c(-c4ccccc4)nc4ccccc43)cc2)CC1.CC. The van der Waals surface area contributed by atoms with Crippen molar-refractivity contribution in [3.05, 3.63) is 175 Å². The third kappa shape index (κ3) is 5.46. The first kappa shape index (κ1) is 30.4. The second-order valence-corrected chi connectivity index (χ2v) is 12.2. The van der Waals surface area contributed by atoms with Crippen molar-refractivity contribution >= 4 is 27.9 Å². The lowest BCUT2D eigenvalue weighted by molar-refractivity contribution is 0.991. The van der Waals surface area contributed by atoms with E-state index >= 15 is 0 Å². The third-order valence-electron chi connectivity index (χ3n) is 9.50. The molecular formula is C47H38N2. The number of imidazole rings is 1. The van der Waals surface area contributed by atoms with Crippen LogP contribution in [-0.4, -0.2) is 9.55 Å². The standard InChI is InChI=1S/C45H32N2.C2H6/c1-3-13-31(14-4-1)32-23-25-33(26-24-32)43-37-17-7-9-19-39(37)44(40-20-10-8-18-38(40)43)34-27-29-36(30-28-34)47-42-22-12-11-21-41(42)46-45(47)35-15-5-2-6-16-35;1-2/h1-7,9-17,19-30H,8,18H2;1-2H3. The Bertz CT molecular complexity index is 2410. The maximum atomic E-state index is 5.05. The van der Waals surface area contributed by atoms with Gasteiger partial charge in [-0.1, -0.05) is 159 Å². The summed E-state index contributed by atoms with van der Waals surface area (Å²) >= 11 is 0. The second kappa shape index (κ2) is 13.3. The van der Waals surface area contributed by atoms with E-state index in [0.717, 1.165) is 41.0 Å². The van der Waals surface area contributed by atoms with Gasteiger partial charge in [-0.15, -0.1) is 0 Å². The molecule has 0 N–H and O–H groups in total. The van der Waals surface area contributed by atoms with E-state index in [1.807, 2.05) is 13.8 Å². The fraction of sp³-hybridized carbons (Fsp3) is 0.0851. The van der Waals surface area contributed by atoms with E-state index in [-0.39, 0.29) is 0 Å². The monoisotopic (exact) mass is 630 g/mol. The zero-order valence-electron chi connectivity index (χ0n) is 28.0. The molecule has 0 saturated carbocycles. The third-order valence-corrected chi connectivity index (χ3v) is 9.50. The van der Waals surface area contributed by atoms with Crippen LogP contribution in [0.25, 0.3) is 78.3 Å². The lowest BCUT2D eigenvalue weighted by atomic mass is 9.80. The van der Waals surface area contributed by atoms with Crippen molar-refractivity contribution in [1.29, 1.82) is 0 Å². The van der Waals surface area contributed by atoms with Crippen molar-refractivity contribution in [2.24, 2.45) is 0 Å². The number of para-hydroxylation sites is 2. The summed E-state index contributed by atoms with van der Waals surface area (Å²) in [5, 5.41) is 2.59. The number of rotatable bonds is 5. The van der Waals surface area contributed by atoms with Crippen molar-refractivity contribution in [2.75, 3.05) is 0 Å². The Morgan fingerprint density at radius 1 is 0.490 bits per heavy atom. The minimum atomic E-state index is 0.952. The maximum absolute atomic E-state index is 5.05. The van der Waals surface area contributed by atoms with Gasteiger partial charge in [-0.2, -0.15) is 0 Å². The van der Waals surface area contributed by atoms with Gasteiger partial charge in [0.2, 0.25) is 0 Å². The first-order valence-electron chi connectivity index (χ1n) is 17.4. The van der Waals surface area contributed by atoms with Crippen LogP contribution in [-0.2, 0) is 6.42 Å². The highest BCUT2D eigenvalue weighted by atomic mass is 15.1. The van der Waals surface area contributed by atoms with Crippen molar-refractivity contribution in [1.82, 2.24) is 9.55 Å². The number of aromatic nitrogens is 2. The van der Waals surface area contributed by atoms with E-state index < -0.39 is 0 Å². The highest BCUT2D eigenvalue weighted by molar-refractivity contribution is 6.10. The molecule has 8 aromatic rings. The van der Waals surface area contributed by atoms with Crippen LogP contribution in [0.5, 0.6) is 0 Å². The quantitative estimate of drug-likeness (QED) is 0.185. The van der Waals surface area contributed by atoms with Crippen LogP contribution in [0.4, 0.5) is 0 Å². The minimum Gasteiger partial charge on any atom is -0.292 e. The normalized spacial score (nSPS) is 12.0. The van der Waals surface area contributed by atoms with E-state index in [1.165, 1.54) is 55.3 Å². The van der Waals surface area contributed by atoms with Crippen molar-refractivity contribution < 1.29 is 0 Å². The largest absolute Gasteiger partial charge is 0.292 e. The van der Waals surface area contributed by atoms with Gasteiger partial charge in [0.1, 0.15) is 5.82 Å². The number of allylic oxidation sites excluding steroid dienone is 1. The lowest BCUT2D eigenvalue weighted by Crippen LogP contribution is -2.03. The summed E-state index contributed by atoms with van der Waals surface area (Å²) in [5.74, 6) is 0.952. The zero-order valence-corrected chi connectivity index (χ0v) is 28.0. The van der Waals surface area contributed by atoms with Gasteiger partial charge in [0, 0.05) is 11.3 Å². The molecule has 2 nitrogen and oxygen atoms in total. The highest BCUT2D eigenvalue weighted by Crippen LogP contribution is 2.45.